The van der Waals surface area contributed by atoms with Gasteiger partial charge < -0.3 is 14.6 Å². The number of aromatic nitrogens is 1. The molecule has 150 valence electrons. The lowest BCUT2D eigenvalue weighted by Gasteiger charge is -2.18. The number of nitrogens with zero attached hydrogens (tertiary/aromatic N) is 2. The van der Waals surface area contributed by atoms with Gasteiger partial charge in [0.2, 0.25) is 0 Å². The monoisotopic (exact) mass is 430 g/mol. The number of carboxylic acid groups (broad SMARTS) is 1. The lowest BCUT2D eigenvalue weighted by atomic mass is 10.1. The highest BCUT2D eigenvalue weighted by Gasteiger charge is 2.38. The van der Waals surface area contributed by atoms with Crippen molar-refractivity contribution in [3.63, 3.8) is 0 Å². The van der Waals surface area contributed by atoms with Crippen LogP contribution in [0.1, 0.15) is 12.5 Å². The van der Waals surface area contributed by atoms with Crippen LogP contribution >= 0.6 is 24.0 Å². The number of pyridine rings is 1. The number of carbonyl (C=O) groups excluding carboxylic acids is 1. The fourth-order valence-corrected chi connectivity index (χ4v) is 4.23. The van der Waals surface area contributed by atoms with Crippen LogP contribution < -0.4 is 9.47 Å². The molecule has 29 heavy (non-hydrogen) atoms. The maximum absolute atomic E-state index is 12.5. The molecule has 2 aromatic rings. The Morgan fingerprint density at radius 2 is 2.03 bits per heavy atom. The first-order valence-electron chi connectivity index (χ1n) is 8.54. The first kappa shape index (κ1) is 20.8. The minimum Gasteiger partial charge on any atom is -0.493 e. The summed E-state index contributed by atoms with van der Waals surface area (Å²) in [6.07, 6.45) is 3.27. The zero-order valence-electron chi connectivity index (χ0n) is 15.9. The summed E-state index contributed by atoms with van der Waals surface area (Å²) < 4.78 is 11.0. The molecule has 1 aliphatic heterocycles. The van der Waals surface area contributed by atoms with Crippen LogP contribution in [0.2, 0.25) is 0 Å². The normalized spacial score (nSPS) is 16.2. The van der Waals surface area contributed by atoms with Crippen molar-refractivity contribution in [2.45, 2.75) is 13.0 Å². The molecule has 0 aliphatic carbocycles. The standard InChI is InChI=1S/C20H18N2O5S2/c1-11(19(24)25)22-18(23)16(29-20(22)28)9-12-7-8-14(21-10-12)13-5-4-6-15(26-2)17(13)27-3/h4-11H,1-3H3,(H,24,25)/b16-9+/t11-/m0/s1. The van der Waals surface area contributed by atoms with Crippen LogP contribution in [0.25, 0.3) is 17.3 Å². The number of amides is 1. The molecule has 1 N–H and O–H groups in total. The number of rotatable bonds is 6. The molecule has 9 heteroatoms. The Hall–Kier alpha value is -2.91. The van der Waals surface area contributed by atoms with E-state index in [0.29, 0.717) is 27.7 Å². The van der Waals surface area contributed by atoms with Crippen LogP contribution in [0.3, 0.4) is 0 Å². The van der Waals surface area contributed by atoms with Gasteiger partial charge in [0, 0.05) is 11.8 Å². The van der Waals surface area contributed by atoms with Gasteiger partial charge in [-0.05, 0) is 36.8 Å². The Kier molecular flexibility index (Phi) is 6.19. The molecular formula is C20H18N2O5S2. The highest BCUT2D eigenvalue weighted by Crippen LogP contribution is 2.37. The molecule has 0 bridgehead atoms. The third-order valence-corrected chi connectivity index (χ3v) is 5.66. The Balaban J connectivity index is 1.88. The lowest BCUT2D eigenvalue weighted by molar-refractivity contribution is -0.144. The van der Waals surface area contributed by atoms with E-state index >= 15 is 0 Å². The van der Waals surface area contributed by atoms with Gasteiger partial charge in [-0.25, -0.2) is 4.79 Å². The number of carboxylic acids is 1. The first-order valence-corrected chi connectivity index (χ1v) is 9.77. The summed E-state index contributed by atoms with van der Waals surface area (Å²) in [7, 11) is 3.13. The van der Waals surface area contributed by atoms with Crippen molar-refractivity contribution in [3.05, 3.63) is 47.0 Å². The Morgan fingerprint density at radius 3 is 2.62 bits per heavy atom. The van der Waals surface area contributed by atoms with Crippen molar-refractivity contribution >= 4 is 46.3 Å². The summed E-state index contributed by atoms with van der Waals surface area (Å²) >= 11 is 6.24. The van der Waals surface area contributed by atoms with Crippen molar-refractivity contribution < 1.29 is 24.2 Å². The van der Waals surface area contributed by atoms with E-state index in [-0.39, 0.29) is 4.32 Å². The highest BCUT2D eigenvalue weighted by molar-refractivity contribution is 8.26. The largest absolute Gasteiger partial charge is 0.493 e. The van der Waals surface area contributed by atoms with E-state index in [0.717, 1.165) is 22.2 Å². The second-order valence-corrected chi connectivity index (χ2v) is 7.76. The molecule has 1 aliphatic rings. The number of ether oxygens (including phenoxy) is 2. The number of thioether (sulfide) groups is 1. The topological polar surface area (TPSA) is 89.0 Å². The highest BCUT2D eigenvalue weighted by atomic mass is 32.2. The van der Waals surface area contributed by atoms with Crippen LogP contribution in [0, 0.1) is 0 Å². The Labute approximate surface area is 177 Å². The van der Waals surface area contributed by atoms with Gasteiger partial charge in [-0.3, -0.25) is 14.7 Å². The Bertz CT molecular complexity index is 1000. The number of para-hydroxylation sites is 1. The number of hydrogen-bond donors (Lipinski definition) is 1. The number of methoxy groups -OCH3 is 2. The molecule has 0 saturated carbocycles. The molecule has 1 aromatic heterocycles. The summed E-state index contributed by atoms with van der Waals surface area (Å²) in [6, 6.07) is 8.13. The second-order valence-electron chi connectivity index (χ2n) is 6.08. The minimum absolute atomic E-state index is 0.224. The molecular weight excluding hydrogens is 412 g/mol. The van der Waals surface area contributed by atoms with E-state index < -0.39 is 17.9 Å². The maximum Gasteiger partial charge on any atom is 0.326 e. The van der Waals surface area contributed by atoms with Crippen LogP contribution in [0.15, 0.2) is 41.4 Å². The van der Waals surface area contributed by atoms with Gasteiger partial charge in [-0.2, -0.15) is 0 Å². The molecule has 1 saturated heterocycles. The summed E-state index contributed by atoms with van der Waals surface area (Å²) in [5.74, 6) is -0.347. The van der Waals surface area contributed by atoms with Gasteiger partial charge in [-0.15, -0.1) is 0 Å². The van der Waals surface area contributed by atoms with Crippen LogP contribution in [-0.4, -0.2) is 51.4 Å². The summed E-state index contributed by atoms with van der Waals surface area (Å²) in [5.41, 5.74) is 2.16. The number of hydrogen-bond acceptors (Lipinski definition) is 7. The number of aliphatic carboxylic acids is 1. The zero-order valence-corrected chi connectivity index (χ0v) is 17.5. The number of benzene rings is 1. The van der Waals surface area contributed by atoms with Crippen molar-refractivity contribution in [2.75, 3.05) is 14.2 Å². The predicted molar refractivity (Wildman–Crippen MR) is 115 cm³/mol. The van der Waals surface area contributed by atoms with Crippen LogP contribution in [0.5, 0.6) is 11.5 Å². The van der Waals surface area contributed by atoms with E-state index in [4.69, 9.17) is 26.8 Å². The van der Waals surface area contributed by atoms with Crippen molar-refractivity contribution in [2.24, 2.45) is 0 Å². The quantitative estimate of drug-likeness (QED) is 0.551. The minimum atomic E-state index is -1.11. The first-order chi connectivity index (χ1) is 13.9. The average Bonchev–Trinajstić information content (AvgIpc) is 3.00. The van der Waals surface area contributed by atoms with E-state index in [1.165, 1.54) is 6.92 Å². The van der Waals surface area contributed by atoms with E-state index in [1.54, 1.807) is 32.6 Å². The SMILES string of the molecule is COc1cccc(-c2ccc(/C=C3/SC(=S)N([C@@H](C)C(=O)O)C3=O)cn2)c1OC. The predicted octanol–water partition coefficient (Wildman–Crippen LogP) is 3.44. The fourth-order valence-electron chi connectivity index (χ4n) is 2.81. The molecule has 1 atom stereocenters. The van der Waals surface area contributed by atoms with Gasteiger partial charge >= 0.3 is 5.97 Å². The summed E-state index contributed by atoms with van der Waals surface area (Å²) in [4.78, 5) is 29.7. The molecule has 1 fully saturated rings. The van der Waals surface area contributed by atoms with Gasteiger partial charge in [0.25, 0.3) is 5.91 Å². The van der Waals surface area contributed by atoms with Gasteiger partial charge in [0.15, 0.2) is 11.5 Å². The van der Waals surface area contributed by atoms with Crippen LogP contribution in [0.4, 0.5) is 0 Å². The van der Waals surface area contributed by atoms with E-state index in [1.807, 2.05) is 24.3 Å². The molecule has 7 nitrogen and oxygen atoms in total. The molecule has 0 unspecified atom stereocenters. The Morgan fingerprint density at radius 1 is 1.28 bits per heavy atom. The van der Waals surface area contributed by atoms with Crippen LogP contribution in [-0.2, 0) is 9.59 Å². The van der Waals surface area contributed by atoms with E-state index in [2.05, 4.69) is 4.98 Å². The third kappa shape index (κ3) is 4.10. The van der Waals surface area contributed by atoms with Gasteiger partial charge in [0.05, 0.1) is 24.8 Å². The average molecular weight is 431 g/mol. The summed E-state index contributed by atoms with van der Waals surface area (Å²) in [5, 5.41) is 9.16. The molecule has 2 heterocycles. The lowest BCUT2D eigenvalue weighted by Crippen LogP contribution is -2.41. The molecule has 0 spiro atoms. The molecule has 3 rings (SSSR count). The maximum atomic E-state index is 12.5. The number of carbonyl (C=O) groups is 2. The molecule has 0 radical (unpaired) electrons. The van der Waals surface area contributed by atoms with E-state index in [9.17, 15) is 9.59 Å². The molecule has 1 amide bonds. The summed E-state index contributed by atoms with van der Waals surface area (Å²) in [6.45, 7) is 1.42. The van der Waals surface area contributed by atoms with Crippen molar-refractivity contribution in [1.82, 2.24) is 9.88 Å². The van der Waals surface area contributed by atoms with Gasteiger partial charge in [-0.1, -0.05) is 36.1 Å². The second kappa shape index (κ2) is 8.62. The number of thiocarbonyl (C=S) groups is 1. The van der Waals surface area contributed by atoms with Crippen molar-refractivity contribution in [1.29, 1.82) is 0 Å². The smallest absolute Gasteiger partial charge is 0.326 e. The third-order valence-electron chi connectivity index (χ3n) is 4.33. The zero-order chi connectivity index (χ0) is 21.1. The van der Waals surface area contributed by atoms with Gasteiger partial charge in [0.1, 0.15) is 10.4 Å². The van der Waals surface area contributed by atoms with Crippen molar-refractivity contribution in [3.8, 4) is 22.8 Å². The fraction of sp³-hybridized carbons (Fsp3) is 0.200. The molecule has 1 aromatic carbocycles.